The molecule has 1 aliphatic heterocycles. The van der Waals surface area contributed by atoms with Gasteiger partial charge in [-0.3, -0.25) is 9.78 Å². The minimum absolute atomic E-state index is 0.00867. The number of pyridine rings is 1. The molecule has 0 aliphatic carbocycles. The summed E-state index contributed by atoms with van der Waals surface area (Å²) in [6.07, 6.45) is 2.47. The number of hydrogen-bond acceptors (Lipinski definition) is 4. The largest absolute Gasteiger partial charge is 0.379 e. The van der Waals surface area contributed by atoms with Crippen LogP contribution < -0.4 is 5.32 Å². The van der Waals surface area contributed by atoms with E-state index in [4.69, 9.17) is 9.47 Å². The maximum absolute atomic E-state index is 12.5. The molecule has 1 fully saturated rings. The maximum Gasteiger partial charge on any atom is 0.253 e. The quantitative estimate of drug-likeness (QED) is 0.934. The highest BCUT2D eigenvalue weighted by atomic mass is 16.5. The zero-order valence-electron chi connectivity index (χ0n) is 11.9. The summed E-state index contributed by atoms with van der Waals surface area (Å²) in [6.45, 7) is 1.14. The predicted octanol–water partition coefficient (Wildman–Crippen LogP) is 1.77. The van der Waals surface area contributed by atoms with Crippen LogP contribution in [0.1, 0.15) is 16.8 Å². The molecule has 1 aromatic carbocycles. The molecule has 0 radical (unpaired) electrons. The van der Waals surface area contributed by atoms with Gasteiger partial charge in [0.25, 0.3) is 5.91 Å². The minimum atomic E-state index is -0.142. The molecule has 2 atom stereocenters. The lowest BCUT2D eigenvalue weighted by Crippen LogP contribution is -2.50. The number of benzene rings is 1. The Hall–Kier alpha value is -1.98. The SMILES string of the molecule is CO[C@@H]1CCOC[C@H]1NC(=O)c1cccc2cccnc12. The van der Waals surface area contributed by atoms with Gasteiger partial charge in [0.2, 0.25) is 0 Å². The molecule has 21 heavy (non-hydrogen) atoms. The van der Waals surface area contributed by atoms with Crippen molar-refractivity contribution in [2.24, 2.45) is 0 Å². The van der Waals surface area contributed by atoms with Gasteiger partial charge in [0.05, 0.1) is 29.8 Å². The van der Waals surface area contributed by atoms with Crippen molar-refractivity contribution < 1.29 is 14.3 Å². The number of methoxy groups -OCH3 is 1. The lowest BCUT2D eigenvalue weighted by molar-refractivity contribution is -0.0349. The van der Waals surface area contributed by atoms with Gasteiger partial charge in [-0.2, -0.15) is 0 Å². The van der Waals surface area contributed by atoms with Crippen molar-refractivity contribution in [3.8, 4) is 0 Å². The third-order valence-electron chi connectivity index (χ3n) is 3.79. The molecule has 1 saturated heterocycles. The minimum Gasteiger partial charge on any atom is -0.379 e. The van der Waals surface area contributed by atoms with Crippen LogP contribution in [0.5, 0.6) is 0 Å². The first-order chi connectivity index (χ1) is 10.3. The molecular formula is C16H18N2O3. The first-order valence-electron chi connectivity index (χ1n) is 7.05. The van der Waals surface area contributed by atoms with E-state index in [1.165, 1.54) is 0 Å². The van der Waals surface area contributed by atoms with Gasteiger partial charge in [-0.15, -0.1) is 0 Å². The summed E-state index contributed by atoms with van der Waals surface area (Å²) < 4.78 is 10.8. The Morgan fingerprint density at radius 1 is 1.38 bits per heavy atom. The number of para-hydroxylation sites is 1. The van der Waals surface area contributed by atoms with Crippen LogP contribution in [-0.2, 0) is 9.47 Å². The van der Waals surface area contributed by atoms with Gasteiger partial charge in [-0.1, -0.05) is 18.2 Å². The van der Waals surface area contributed by atoms with E-state index in [0.717, 1.165) is 11.8 Å². The summed E-state index contributed by atoms with van der Waals surface area (Å²) in [5, 5.41) is 3.95. The van der Waals surface area contributed by atoms with Crippen LogP contribution >= 0.6 is 0 Å². The number of hydrogen-bond donors (Lipinski definition) is 1. The van der Waals surface area contributed by atoms with Crippen molar-refractivity contribution in [1.82, 2.24) is 10.3 Å². The van der Waals surface area contributed by atoms with E-state index in [1.54, 1.807) is 19.4 Å². The normalized spacial score (nSPS) is 22.1. The van der Waals surface area contributed by atoms with Crippen molar-refractivity contribution >= 4 is 16.8 Å². The zero-order chi connectivity index (χ0) is 14.7. The molecule has 5 nitrogen and oxygen atoms in total. The molecule has 0 unspecified atom stereocenters. The summed E-state index contributed by atoms with van der Waals surface area (Å²) >= 11 is 0. The Kier molecular flexibility index (Phi) is 4.13. The van der Waals surface area contributed by atoms with Gasteiger partial charge in [-0.25, -0.2) is 0 Å². The van der Waals surface area contributed by atoms with Crippen LogP contribution in [0.2, 0.25) is 0 Å². The second kappa shape index (κ2) is 6.20. The molecule has 2 heterocycles. The second-order valence-corrected chi connectivity index (χ2v) is 5.10. The van der Waals surface area contributed by atoms with Gasteiger partial charge in [0, 0.05) is 25.3 Å². The van der Waals surface area contributed by atoms with E-state index in [9.17, 15) is 4.79 Å². The van der Waals surface area contributed by atoms with Crippen LogP contribution in [0.4, 0.5) is 0 Å². The summed E-state index contributed by atoms with van der Waals surface area (Å²) in [5.74, 6) is -0.142. The number of aromatic nitrogens is 1. The topological polar surface area (TPSA) is 60.5 Å². The highest BCUT2D eigenvalue weighted by Gasteiger charge is 2.27. The number of nitrogens with one attached hydrogen (secondary N) is 1. The molecule has 1 aromatic heterocycles. The fourth-order valence-electron chi connectivity index (χ4n) is 2.67. The lowest BCUT2D eigenvalue weighted by atomic mass is 10.0. The Labute approximate surface area is 123 Å². The number of rotatable bonds is 3. The van der Waals surface area contributed by atoms with Gasteiger partial charge in [-0.05, 0) is 18.6 Å². The molecule has 3 rings (SSSR count). The Bertz CT molecular complexity index is 639. The van der Waals surface area contributed by atoms with Gasteiger partial charge in [0.15, 0.2) is 0 Å². The Balaban J connectivity index is 1.84. The van der Waals surface area contributed by atoms with Crippen LogP contribution in [-0.4, -0.2) is 43.4 Å². The molecule has 1 aliphatic rings. The third kappa shape index (κ3) is 2.89. The molecule has 2 aromatic rings. The molecule has 5 heteroatoms. The molecular weight excluding hydrogens is 268 g/mol. The van der Waals surface area contributed by atoms with Crippen LogP contribution in [0.3, 0.4) is 0 Å². The zero-order valence-corrected chi connectivity index (χ0v) is 11.9. The van der Waals surface area contributed by atoms with E-state index in [-0.39, 0.29) is 18.1 Å². The Morgan fingerprint density at radius 2 is 2.24 bits per heavy atom. The van der Waals surface area contributed by atoms with E-state index < -0.39 is 0 Å². The fourth-order valence-corrected chi connectivity index (χ4v) is 2.67. The summed E-state index contributed by atoms with van der Waals surface area (Å²) in [5.41, 5.74) is 1.29. The van der Waals surface area contributed by atoms with E-state index in [1.807, 2.05) is 24.3 Å². The van der Waals surface area contributed by atoms with Crippen LogP contribution in [0.15, 0.2) is 36.5 Å². The fraction of sp³-hybridized carbons (Fsp3) is 0.375. The molecule has 110 valence electrons. The second-order valence-electron chi connectivity index (χ2n) is 5.10. The molecule has 0 bridgehead atoms. The standard InChI is InChI=1S/C16H18N2O3/c1-20-14-7-9-21-10-13(14)18-16(19)12-6-2-4-11-5-3-8-17-15(11)12/h2-6,8,13-14H,7,9-10H2,1H3,(H,18,19)/t13-,14-/m1/s1. The van der Waals surface area contributed by atoms with Crippen molar-refractivity contribution in [3.63, 3.8) is 0 Å². The van der Waals surface area contributed by atoms with Gasteiger partial charge < -0.3 is 14.8 Å². The summed E-state index contributed by atoms with van der Waals surface area (Å²) in [4.78, 5) is 16.8. The average Bonchev–Trinajstić information content (AvgIpc) is 2.54. The van der Waals surface area contributed by atoms with E-state index in [0.29, 0.717) is 24.3 Å². The number of nitrogens with zero attached hydrogens (tertiary/aromatic N) is 1. The molecule has 1 N–H and O–H groups in total. The predicted molar refractivity (Wildman–Crippen MR) is 79.2 cm³/mol. The van der Waals surface area contributed by atoms with Crippen LogP contribution in [0.25, 0.3) is 10.9 Å². The van der Waals surface area contributed by atoms with Gasteiger partial charge in [0.1, 0.15) is 0 Å². The Morgan fingerprint density at radius 3 is 3.10 bits per heavy atom. The van der Waals surface area contributed by atoms with E-state index >= 15 is 0 Å². The smallest absolute Gasteiger partial charge is 0.253 e. The van der Waals surface area contributed by atoms with Crippen molar-refractivity contribution in [2.75, 3.05) is 20.3 Å². The summed E-state index contributed by atoms with van der Waals surface area (Å²) in [6, 6.07) is 9.28. The average molecular weight is 286 g/mol. The number of ether oxygens (including phenoxy) is 2. The van der Waals surface area contributed by atoms with Crippen molar-refractivity contribution in [1.29, 1.82) is 0 Å². The van der Waals surface area contributed by atoms with Gasteiger partial charge >= 0.3 is 0 Å². The lowest BCUT2D eigenvalue weighted by Gasteiger charge is -2.31. The summed E-state index contributed by atoms with van der Waals surface area (Å²) in [7, 11) is 1.66. The molecule has 0 saturated carbocycles. The number of carbonyl (C=O) groups is 1. The first kappa shape index (κ1) is 14.0. The van der Waals surface area contributed by atoms with E-state index in [2.05, 4.69) is 10.3 Å². The van der Waals surface area contributed by atoms with Crippen LogP contribution in [0, 0.1) is 0 Å². The monoisotopic (exact) mass is 286 g/mol. The number of fused-ring (bicyclic) bond motifs is 1. The maximum atomic E-state index is 12.5. The third-order valence-corrected chi connectivity index (χ3v) is 3.79. The molecule has 0 spiro atoms. The number of amides is 1. The highest BCUT2D eigenvalue weighted by Crippen LogP contribution is 2.17. The van der Waals surface area contributed by atoms with Crippen molar-refractivity contribution in [2.45, 2.75) is 18.6 Å². The highest BCUT2D eigenvalue weighted by molar-refractivity contribution is 6.05. The first-order valence-corrected chi connectivity index (χ1v) is 7.05. The number of carbonyl (C=O) groups excluding carboxylic acids is 1. The molecule has 1 amide bonds. The van der Waals surface area contributed by atoms with Crippen molar-refractivity contribution in [3.05, 3.63) is 42.1 Å².